The van der Waals surface area contributed by atoms with Crippen LogP contribution >= 0.6 is 24.0 Å². The molecule has 138 valence electrons. The van der Waals surface area contributed by atoms with Crippen molar-refractivity contribution in [3.05, 3.63) is 23.9 Å². The van der Waals surface area contributed by atoms with Crippen molar-refractivity contribution in [3.63, 3.8) is 0 Å². The molecule has 0 radical (unpaired) electrons. The number of aromatic nitrogens is 1. The molecule has 2 saturated heterocycles. The van der Waals surface area contributed by atoms with Gasteiger partial charge in [0.1, 0.15) is 5.82 Å². The summed E-state index contributed by atoms with van der Waals surface area (Å²) in [4.78, 5) is 20.5. The Labute approximate surface area is 165 Å². The van der Waals surface area contributed by atoms with Gasteiger partial charge in [0.15, 0.2) is 5.96 Å². The first-order chi connectivity index (χ1) is 11.6. The van der Waals surface area contributed by atoms with Crippen molar-refractivity contribution >= 4 is 41.7 Å². The quantitative estimate of drug-likeness (QED) is 0.355. The van der Waals surface area contributed by atoms with E-state index in [2.05, 4.69) is 25.9 Å². The van der Waals surface area contributed by atoms with E-state index in [0.29, 0.717) is 37.0 Å². The maximum absolute atomic E-state index is 12.0. The van der Waals surface area contributed by atoms with Crippen LogP contribution < -0.4 is 16.0 Å². The SMILES string of the molecule is CN=C(NCCC(=O)Nc1cccc(C)n1)NC1CC2CCC1O2.I. The number of aliphatic imine (C=N–C) groups is 1. The first-order valence-electron chi connectivity index (χ1n) is 8.50. The number of nitrogens with one attached hydrogen (secondary N) is 3. The summed E-state index contributed by atoms with van der Waals surface area (Å²) in [5.74, 6) is 1.23. The summed E-state index contributed by atoms with van der Waals surface area (Å²) in [6.07, 6.45) is 4.37. The van der Waals surface area contributed by atoms with Gasteiger partial charge in [0.25, 0.3) is 0 Å². The highest BCUT2D eigenvalue weighted by Crippen LogP contribution is 2.34. The Morgan fingerprint density at radius 1 is 1.40 bits per heavy atom. The predicted octanol–water partition coefficient (Wildman–Crippen LogP) is 1.82. The summed E-state index contributed by atoms with van der Waals surface area (Å²) in [7, 11) is 1.74. The van der Waals surface area contributed by atoms with Gasteiger partial charge < -0.3 is 20.7 Å². The molecule has 2 fully saturated rings. The number of hydrogen-bond donors (Lipinski definition) is 3. The summed E-state index contributed by atoms with van der Waals surface area (Å²) < 4.78 is 5.83. The maximum Gasteiger partial charge on any atom is 0.227 e. The monoisotopic (exact) mass is 459 g/mol. The molecule has 0 aliphatic carbocycles. The molecule has 2 bridgehead atoms. The Morgan fingerprint density at radius 2 is 2.24 bits per heavy atom. The molecule has 3 heterocycles. The molecule has 3 atom stereocenters. The average Bonchev–Trinajstić information content (AvgIpc) is 3.16. The molecule has 2 aliphatic heterocycles. The summed E-state index contributed by atoms with van der Waals surface area (Å²) in [5.41, 5.74) is 0.878. The smallest absolute Gasteiger partial charge is 0.227 e. The van der Waals surface area contributed by atoms with Crippen LogP contribution in [0.2, 0.25) is 0 Å². The Hall–Kier alpha value is -1.42. The maximum atomic E-state index is 12.0. The number of anilines is 1. The van der Waals surface area contributed by atoms with Crippen molar-refractivity contribution in [1.29, 1.82) is 0 Å². The molecule has 1 aromatic heterocycles. The van der Waals surface area contributed by atoms with Crippen molar-refractivity contribution < 1.29 is 9.53 Å². The molecule has 25 heavy (non-hydrogen) atoms. The molecule has 0 aromatic carbocycles. The fraction of sp³-hybridized carbons (Fsp3) is 0.588. The zero-order valence-corrected chi connectivity index (χ0v) is 16.9. The van der Waals surface area contributed by atoms with Gasteiger partial charge in [0, 0.05) is 25.7 Å². The summed E-state index contributed by atoms with van der Waals surface area (Å²) in [6, 6.07) is 5.87. The normalized spacial score (nSPS) is 24.6. The third kappa shape index (κ3) is 5.53. The highest BCUT2D eigenvalue weighted by Gasteiger charge is 2.41. The van der Waals surface area contributed by atoms with Crippen LogP contribution in [0.3, 0.4) is 0 Å². The standard InChI is InChI=1S/C17H25N5O2.HI/c1-11-4-3-5-15(20-11)22-16(23)8-9-19-17(18-2)21-13-10-12-6-7-14(13)24-12;/h3-5,12-14H,6-10H2,1-2H3,(H2,18,19,21)(H,20,22,23);1H. The lowest BCUT2D eigenvalue weighted by atomic mass is 9.96. The molecule has 8 heteroatoms. The van der Waals surface area contributed by atoms with Gasteiger partial charge in [-0.05, 0) is 38.3 Å². The summed E-state index contributed by atoms with van der Waals surface area (Å²) in [6.45, 7) is 2.41. The minimum atomic E-state index is -0.0701. The van der Waals surface area contributed by atoms with Gasteiger partial charge >= 0.3 is 0 Å². The number of pyridine rings is 1. The van der Waals surface area contributed by atoms with Crippen LogP contribution in [0, 0.1) is 6.92 Å². The van der Waals surface area contributed by atoms with Crippen molar-refractivity contribution in [2.45, 2.75) is 50.9 Å². The van der Waals surface area contributed by atoms with E-state index in [1.165, 1.54) is 6.42 Å². The summed E-state index contributed by atoms with van der Waals surface area (Å²) in [5, 5.41) is 9.38. The molecule has 1 amide bonds. The molecular formula is C17H26IN5O2. The van der Waals surface area contributed by atoms with Gasteiger partial charge in [-0.2, -0.15) is 0 Å². The van der Waals surface area contributed by atoms with Gasteiger partial charge in [-0.1, -0.05) is 6.07 Å². The number of carbonyl (C=O) groups is 1. The fourth-order valence-corrected chi connectivity index (χ4v) is 3.27. The highest BCUT2D eigenvalue weighted by molar-refractivity contribution is 14.0. The fourth-order valence-electron chi connectivity index (χ4n) is 3.27. The minimum Gasteiger partial charge on any atom is -0.373 e. The second kappa shape index (κ2) is 9.33. The van der Waals surface area contributed by atoms with Crippen LogP contribution in [0.4, 0.5) is 5.82 Å². The number of nitrogens with zero attached hydrogens (tertiary/aromatic N) is 2. The Kier molecular flexibility index (Phi) is 7.42. The van der Waals surface area contributed by atoms with Crippen molar-refractivity contribution in [1.82, 2.24) is 15.6 Å². The first-order valence-corrected chi connectivity index (χ1v) is 8.50. The zero-order valence-electron chi connectivity index (χ0n) is 14.6. The lowest BCUT2D eigenvalue weighted by Gasteiger charge is -2.22. The number of amides is 1. The van der Waals surface area contributed by atoms with Crippen molar-refractivity contribution in [2.75, 3.05) is 18.9 Å². The molecule has 0 spiro atoms. The minimum absolute atomic E-state index is 0. The lowest BCUT2D eigenvalue weighted by molar-refractivity contribution is -0.116. The highest BCUT2D eigenvalue weighted by atomic mass is 127. The topological polar surface area (TPSA) is 87.6 Å². The van der Waals surface area contributed by atoms with E-state index in [4.69, 9.17) is 4.74 Å². The van der Waals surface area contributed by atoms with Crippen molar-refractivity contribution in [3.8, 4) is 0 Å². The largest absolute Gasteiger partial charge is 0.373 e. The van der Waals surface area contributed by atoms with Gasteiger partial charge in [0.05, 0.1) is 18.2 Å². The van der Waals surface area contributed by atoms with Crippen molar-refractivity contribution in [2.24, 2.45) is 4.99 Å². The van der Waals surface area contributed by atoms with E-state index >= 15 is 0 Å². The molecule has 3 rings (SSSR count). The second-order valence-corrected chi connectivity index (χ2v) is 6.32. The predicted molar refractivity (Wildman–Crippen MR) is 108 cm³/mol. The first kappa shape index (κ1) is 19.9. The van der Waals surface area contributed by atoms with Crippen LogP contribution in [-0.4, -0.2) is 48.7 Å². The number of hydrogen-bond acceptors (Lipinski definition) is 4. The number of ether oxygens (including phenoxy) is 1. The number of carbonyl (C=O) groups excluding carboxylic acids is 1. The molecule has 3 N–H and O–H groups in total. The van der Waals surface area contributed by atoms with Crippen LogP contribution in [0.5, 0.6) is 0 Å². The van der Waals surface area contributed by atoms with E-state index in [-0.39, 0.29) is 29.9 Å². The Morgan fingerprint density at radius 3 is 2.88 bits per heavy atom. The Bertz CT molecular complexity index is 625. The number of rotatable bonds is 5. The third-order valence-corrected chi connectivity index (χ3v) is 4.45. The molecule has 1 aromatic rings. The number of guanidine groups is 1. The number of aryl methyl sites for hydroxylation is 1. The van der Waals surface area contributed by atoms with Gasteiger partial charge in [-0.25, -0.2) is 4.98 Å². The zero-order chi connectivity index (χ0) is 16.9. The van der Waals surface area contributed by atoms with Crippen LogP contribution in [0.25, 0.3) is 0 Å². The molecular weight excluding hydrogens is 433 g/mol. The average molecular weight is 459 g/mol. The second-order valence-electron chi connectivity index (χ2n) is 6.32. The number of fused-ring (bicyclic) bond motifs is 2. The molecule has 2 aliphatic rings. The Balaban J connectivity index is 0.00000225. The van der Waals surface area contributed by atoms with Gasteiger partial charge in [-0.3, -0.25) is 9.79 Å². The van der Waals surface area contributed by atoms with Gasteiger partial charge in [-0.15, -0.1) is 24.0 Å². The van der Waals surface area contributed by atoms with Gasteiger partial charge in [0.2, 0.25) is 5.91 Å². The lowest BCUT2D eigenvalue weighted by Crippen LogP contribution is -2.47. The van der Waals surface area contributed by atoms with E-state index in [1.54, 1.807) is 13.1 Å². The van der Waals surface area contributed by atoms with E-state index in [0.717, 1.165) is 24.5 Å². The van der Waals surface area contributed by atoms with E-state index < -0.39 is 0 Å². The van der Waals surface area contributed by atoms with E-state index in [1.807, 2.05) is 19.1 Å². The summed E-state index contributed by atoms with van der Waals surface area (Å²) >= 11 is 0. The van der Waals surface area contributed by atoms with E-state index in [9.17, 15) is 4.79 Å². The third-order valence-electron chi connectivity index (χ3n) is 4.45. The molecule has 3 unspecified atom stereocenters. The van der Waals surface area contributed by atoms with Crippen LogP contribution in [0.15, 0.2) is 23.2 Å². The van der Waals surface area contributed by atoms with Crippen LogP contribution in [0.1, 0.15) is 31.4 Å². The molecule has 0 saturated carbocycles. The molecule has 7 nitrogen and oxygen atoms in total. The van der Waals surface area contributed by atoms with Crippen LogP contribution in [-0.2, 0) is 9.53 Å². The number of halogens is 1.